The van der Waals surface area contributed by atoms with Crippen LogP contribution in [0.2, 0.25) is 10.0 Å². The van der Waals surface area contributed by atoms with Crippen LogP contribution in [0, 0.1) is 0 Å². The molecule has 0 heterocycles. The molecule has 102 valence electrons. The molecule has 0 saturated carbocycles. The van der Waals surface area contributed by atoms with Gasteiger partial charge in [-0.15, -0.1) is 0 Å². The topological polar surface area (TPSA) is 35.2 Å². The van der Waals surface area contributed by atoms with Gasteiger partial charge in [0.25, 0.3) is 0 Å². The van der Waals surface area contributed by atoms with E-state index in [-0.39, 0.29) is 6.61 Å². The maximum atomic E-state index is 11.8. The maximum Gasteiger partial charge on any atom is 0.411 e. The van der Waals surface area contributed by atoms with Crippen LogP contribution in [0.15, 0.2) is 18.2 Å². The Bertz CT molecular complexity index is 398. The van der Waals surface area contributed by atoms with E-state index in [0.29, 0.717) is 16.5 Å². The lowest BCUT2D eigenvalue weighted by atomic mass is 10.1. The van der Waals surface area contributed by atoms with Crippen LogP contribution >= 0.6 is 23.2 Å². The van der Waals surface area contributed by atoms with Crippen molar-refractivity contribution >= 4 is 23.2 Å². The third kappa shape index (κ3) is 5.91. The lowest BCUT2D eigenvalue weighted by Gasteiger charge is -2.14. The zero-order valence-electron chi connectivity index (χ0n) is 9.31. The minimum absolute atomic E-state index is 0.182. The fraction of sp³-hybridized carbons (Fsp3) is 0.455. The van der Waals surface area contributed by atoms with Crippen LogP contribution in [0.1, 0.15) is 5.56 Å². The summed E-state index contributed by atoms with van der Waals surface area (Å²) >= 11 is 11.6. The zero-order chi connectivity index (χ0) is 13.8. The van der Waals surface area contributed by atoms with Crippen LogP contribution in [0.5, 0.6) is 0 Å². The molecule has 0 bridgehead atoms. The molecule has 18 heavy (non-hydrogen) atoms. The average molecular weight is 302 g/mol. The number of benzene rings is 1. The van der Waals surface area contributed by atoms with Crippen molar-refractivity contribution in [3.8, 4) is 0 Å². The molecular formula is C11H12Cl2F3NO. The second-order valence-electron chi connectivity index (χ2n) is 3.83. The van der Waals surface area contributed by atoms with E-state index in [2.05, 4.69) is 4.74 Å². The summed E-state index contributed by atoms with van der Waals surface area (Å²) in [6.07, 6.45) is -4.01. The van der Waals surface area contributed by atoms with Gasteiger partial charge >= 0.3 is 6.18 Å². The first-order chi connectivity index (χ1) is 8.28. The summed E-state index contributed by atoms with van der Waals surface area (Å²) in [7, 11) is 0. The average Bonchev–Trinajstić information content (AvgIpc) is 2.20. The van der Waals surface area contributed by atoms with E-state index in [1.807, 2.05) is 0 Å². The van der Waals surface area contributed by atoms with E-state index in [9.17, 15) is 13.2 Å². The number of hydrogen-bond acceptors (Lipinski definition) is 2. The lowest BCUT2D eigenvalue weighted by Crippen LogP contribution is -2.31. The SMILES string of the molecule is NC(COCC(F)(F)F)Cc1ccc(Cl)cc1Cl. The molecule has 2 nitrogen and oxygen atoms in total. The third-order valence-corrected chi connectivity index (χ3v) is 2.68. The first kappa shape index (κ1) is 15.6. The Hall–Kier alpha value is -0.490. The molecule has 1 atom stereocenters. The molecule has 0 amide bonds. The van der Waals surface area contributed by atoms with E-state index in [1.165, 1.54) is 0 Å². The van der Waals surface area contributed by atoms with E-state index in [1.54, 1.807) is 18.2 Å². The minimum Gasteiger partial charge on any atom is -0.370 e. The van der Waals surface area contributed by atoms with Gasteiger partial charge in [-0.2, -0.15) is 13.2 Å². The van der Waals surface area contributed by atoms with Gasteiger partial charge in [-0.05, 0) is 24.1 Å². The molecule has 0 spiro atoms. The molecule has 2 N–H and O–H groups in total. The molecule has 1 rings (SSSR count). The quantitative estimate of drug-likeness (QED) is 0.904. The zero-order valence-corrected chi connectivity index (χ0v) is 10.8. The van der Waals surface area contributed by atoms with Crippen molar-refractivity contribution in [3.05, 3.63) is 33.8 Å². The molecule has 1 unspecified atom stereocenters. The lowest BCUT2D eigenvalue weighted by molar-refractivity contribution is -0.174. The Kier molecular flexibility index (Phi) is 5.72. The van der Waals surface area contributed by atoms with Gasteiger partial charge < -0.3 is 10.5 Å². The van der Waals surface area contributed by atoms with Crippen LogP contribution < -0.4 is 5.73 Å². The predicted octanol–water partition coefficient (Wildman–Crippen LogP) is 3.44. The molecule has 1 aromatic carbocycles. The summed E-state index contributed by atoms with van der Waals surface area (Å²) in [5.74, 6) is 0. The van der Waals surface area contributed by atoms with Gasteiger partial charge in [-0.3, -0.25) is 0 Å². The molecule has 0 radical (unpaired) electrons. The molecule has 0 saturated heterocycles. The number of rotatable bonds is 5. The van der Waals surface area contributed by atoms with Gasteiger partial charge in [0.15, 0.2) is 0 Å². The third-order valence-electron chi connectivity index (χ3n) is 2.09. The Morgan fingerprint density at radius 2 is 1.94 bits per heavy atom. The molecule has 7 heteroatoms. The highest BCUT2D eigenvalue weighted by Crippen LogP contribution is 2.22. The maximum absolute atomic E-state index is 11.8. The molecule has 0 aliphatic carbocycles. The second-order valence-corrected chi connectivity index (χ2v) is 4.67. The summed E-state index contributed by atoms with van der Waals surface area (Å²) in [6.45, 7) is -1.48. The Morgan fingerprint density at radius 3 is 2.50 bits per heavy atom. The van der Waals surface area contributed by atoms with Crippen LogP contribution in [-0.2, 0) is 11.2 Å². The van der Waals surface area contributed by atoms with Crippen molar-refractivity contribution in [3.63, 3.8) is 0 Å². The summed E-state index contributed by atoms with van der Waals surface area (Å²) in [6, 6.07) is 4.34. The van der Waals surface area contributed by atoms with Gasteiger partial charge in [0.2, 0.25) is 0 Å². The first-order valence-electron chi connectivity index (χ1n) is 5.12. The van der Waals surface area contributed by atoms with Crippen LogP contribution in [0.3, 0.4) is 0 Å². The van der Waals surface area contributed by atoms with Gasteiger partial charge in [-0.1, -0.05) is 29.3 Å². The van der Waals surface area contributed by atoms with Crippen LogP contribution in [0.4, 0.5) is 13.2 Å². The van der Waals surface area contributed by atoms with E-state index in [0.717, 1.165) is 5.56 Å². The number of hydrogen-bond donors (Lipinski definition) is 1. The Morgan fingerprint density at radius 1 is 1.28 bits per heavy atom. The largest absolute Gasteiger partial charge is 0.411 e. The van der Waals surface area contributed by atoms with Crippen LogP contribution in [0.25, 0.3) is 0 Å². The fourth-order valence-electron chi connectivity index (χ4n) is 1.35. The number of alkyl halides is 3. The molecule has 0 fully saturated rings. The summed E-state index contributed by atoms with van der Waals surface area (Å²) in [5, 5.41) is 0.930. The summed E-state index contributed by atoms with van der Waals surface area (Å²) in [4.78, 5) is 0. The highest BCUT2D eigenvalue weighted by Gasteiger charge is 2.27. The molecule has 0 aliphatic rings. The molecule has 0 aromatic heterocycles. The van der Waals surface area contributed by atoms with Crippen molar-refractivity contribution in [1.29, 1.82) is 0 Å². The van der Waals surface area contributed by atoms with Gasteiger partial charge in [0, 0.05) is 16.1 Å². The number of ether oxygens (including phenoxy) is 1. The highest BCUT2D eigenvalue weighted by atomic mass is 35.5. The molecule has 0 aliphatic heterocycles. The van der Waals surface area contributed by atoms with Crippen LogP contribution in [-0.4, -0.2) is 25.4 Å². The Labute approximate surface area is 113 Å². The van der Waals surface area contributed by atoms with Gasteiger partial charge in [0.05, 0.1) is 6.61 Å². The number of nitrogens with two attached hydrogens (primary N) is 1. The van der Waals surface area contributed by atoms with Gasteiger partial charge in [-0.25, -0.2) is 0 Å². The van der Waals surface area contributed by atoms with E-state index in [4.69, 9.17) is 28.9 Å². The Balaban J connectivity index is 2.42. The second kappa shape index (κ2) is 6.61. The highest BCUT2D eigenvalue weighted by molar-refractivity contribution is 6.35. The fourth-order valence-corrected chi connectivity index (χ4v) is 1.84. The minimum atomic E-state index is -4.34. The molecule has 1 aromatic rings. The standard InChI is InChI=1S/C11H12Cl2F3NO/c12-8-2-1-7(10(13)4-8)3-9(17)5-18-6-11(14,15)16/h1-2,4,9H,3,5-6,17H2. The molecular weight excluding hydrogens is 290 g/mol. The van der Waals surface area contributed by atoms with E-state index >= 15 is 0 Å². The van der Waals surface area contributed by atoms with Crippen molar-refractivity contribution in [2.24, 2.45) is 5.73 Å². The summed E-state index contributed by atoms with van der Waals surface area (Å²) in [5.41, 5.74) is 6.38. The first-order valence-corrected chi connectivity index (χ1v) is 5.87. The number of halogens is 5. The van der Waals surface area contributed by atoms with Crippen molar-refractivity contribution in [1.82, 2.24) is 0 Å². The van der Waals surface area contributed by atoms with Crippen molar-refractivity contribution in [2.75, 3.05) is 13.2 Å². The predicted molar refractivity (Wildman–Crippen MR) is 65.0 cm³/mol. The van der Waals surface area contributed by atoms with Crippen molar-refractivity contribution < 1.29 is 17.9 Å². The monoisotopic (exact) mass is 301 g/mol. The normalized spacial score (nSPS) is 13.7. The summed E-state index contributed by atoms with van der Waals surface area (Å²) < 4.78 is 40.0. The van der Waals surface area contributed by atoms with E-state index < -0.39 is 18.8 Å². The van der Waals surface area contributed by atoms with Gasteiger partial charge in [0.1, 0.15) is 6.61 Å². The van der Waals surface area contributed by atoms with Crippen molar-refractivity contribution in [2.45, 2.75) is 18.6 Å². The smallest absolute Gasteiger partial charge is 0.370 e.